The first kappa shape index (κ1) is 19.5. The average molecular weight is 317 g/mol. The van der Waals surface area contributed by atoms with Crippen molar-refractivity contribution in [3.63, 3.8) is 0 Å². The Hall–Kier alpha value is -1.58. The summed E-state index contributed by atoms with van der Waals surface area (Å²) in [5.41, 5.74) is 2.09. The molecule has 0 radical (unpaired) electrons. The Morgan fingerprint density at radius 1 is 1.22 bits per heavy atom. The van der Waals surface area contributed by atoms with Gasteiger partial charge in [0, 0.05) is 25.2 Å². The number of nitrogens with zero attached hydrogens (tertiary/aromatic N) is 1. The van der Waals surface area contributed by atoms with Crippen LogP contribution in [0.4, 0.5) is 0 Å². The third kappa shape index (κ3) is 5.85. The van der Waals surface area contributed by atoms with E-state index in [4.69, 9.17) is 4.74 Å². The third-order valence-corrected chi connectivity index (χ3v) is 3.95. The van der Waals surface area contributed by atoms with E-state index in [0.29, 0.717) is 6.42 Å². The molecule has 0 spiro atoms. The fraction of sp³-hybridized carbons (Fsp3) is 0.500. The van der Waals surface area contributed by atoms with Gasteiger partial charge in [0.05, 0.1) is 13.2 Å². The molecular formula is C20H31NO2. The fourth-order valence-corrected chi connectivity index (χ4v) is 2.54. The first-order valence-electron chi connectivity index (χ1n) is 8.14. The van der Waals surface area contributed by atoms with E-state index in [1.165, 1.54) is 5.56 Å². The lowest BCUT2D eigenvalue weighted by Crippen LogP contribution is -2.26. The Kier molecular flexibility index (Phi) is 7.53. The van der Waals surface area contributed by atoms with Crippen LogP contribution in [0.1, 0.15) is 44.4 Å². The highest BCUT2D eigenvalue weighted by atomic mass is 16.5. The predicted octanol–water partition coefficient (Wildman–Crippen LogP) is 4.09. The first-order chi connectivity index (χ1) is 10.8. The summed E-state index contributed by atoms with van der Waals surface area (Å²) in [6.07, 6.45) is 3.84. The van der Waals surface area contributed by atoms with Crippen LogP contribution < -0.4 is 4.74 Å². The zero-order valence-corrected chi connectivity index (χ0v) is 15.0. The van der Waals surface area contributed by atoms with Crippen LogP contribution in [0.2, 0.25) is 0 Å². The van der Waals surface area contributed by atoms with E-state index in [1.54, 1.807) is 7.11 Å². The lowest BCUT2D eigenvalue weighted by atomic mass is 9.85. The van der Waals surface area contributed by atoms with Crippen molar-refractivity contribution in [3.05, 3.63) is 54.6 Å². The molecular weight excluding hydrogens is 286 g/mol. The van der Waals surface area contributed by atoms with Gasteiger partial charge in [0.1, 0.15) is 5.75 Å². The zero-order valence-electron chi connectivity index (χ0n) is 15.0. The average Bonchev–Trinajstić information content (AvgIpc) is 2.51. The Morgan fingerprint density at radius 2 is 1.83 bits per heavy atom. The van der Waals surface area contributed by atoms with Crippen LogP contribution in [0, 0.1) is 0 Å². The van der Waals surface area contributed by atoms with E-state index in [1.807, 2.05) is 18.2 Å². The Labute approximate surface area is 141 Å². The monoisotopic (exact) mass is 317 g/mol. The van der Waals surface area contributed by atoms with E-state index < -0.39 is 6.10 Å². The van der Waals surface area contributed by atoms with E-state index in [0.717, 1.165) is 30.9 Å². The minimum atomic E-state index is -0.551. The van der Waals surface area contributed by atoms with E-state index in [-0.39, 0.29) is 5.41 Å². The largest absolute Gasteiger partial charge is 0.496 e. The van der Waals surface area contributed by atoms with Crippen LogP contribution in [0.15, 0.2) is 43.5 Å². The second kappa shape index (κ2) is 8.90. The smallest absolute Gasteiger partial charge is 0.124 e. The minimum Gasteiger partial charge on any atom is -0.496 e. The Bertz CT molecular complexity index is 507. The molecule has 0 aromatic heterocycles. The topological polar surface area (TPSA) is 32.7 Å². The van der Waals surface area contributed by atoms with Crippen molar-refractivity contribution >= 4 is 0 Å². The van der Waals surface area contributed by atoms with E-state index >= 15 is 0 Å². The molecule has 1 N–H and O–H groups in total. The second-order valence-electron chi connectivity index (χ2n) is 6.85. The molecule has 0 aliphatic heterocycles. The lowest BCUT2D eigenvalue weighted by molar-refractivity contribution is 0.145. The van der Waals surface area contributed by atoms with E-state index in [2.05, 4.69) is 51.0 Å². The number of benzene rings is 1. The number of rotatable bonds is 9. The van der Waals surface area contributed by atoms with Crippen molar-refractivity contribution < 1.29 is 9.84 Å². The van der Waals surface area contributed by atoms with Crippen molar-refractivity contribution in [1.29, 1.82) is 0 Å². The molecule has 1 atom stereocenters. The molecule has 0 amide bonds. The molecule has 0 fully saturated rings. The molecule has 1 aromatic carbocycles. The van der Waals surface area contributed by atoms with E-state index in [9.17, 15) is 5.11 Å². The molecule has 1 rings (SSSR count). The molecule has 0 bridgehead atoms. The van der Waals surface area contributed by atoms with Gasteiger partial charge in [-0.1, -0.05) is 39.0 Å². The Balaban J connectivity index is 2.90. The maximum Gasteiger partial charge on any atom is 0.124 e. The van der Waals surface area contributed by atoms with Crippen molar-refractivity contribution in [2.45, 2.75) is 38.7 Å². The number of hydrogen-bond acceptors (Lipinski definition) is 3. The third-order valence-electron chi connectivity index (χ3n) is 3.95. The number of hydrogen-bond donors (Lipinski definition) is 1. The van der Waals surface area contributed by atoms with Crippen molar-refractivity contribution in [3.8, 4) is 5.75 Å². The van der Waals surface area contributed by atoms with Crippen LogP contribution in [0.3, 0.4) is 0 Å². The summed E-state index contributed by atoms with van der Waals surface area (Å²) in [5.74, 6) is 0.740. The summed E-state index contributed by atoms with van der Waals surface area (Å²) in [7, 11) is 1.64. The van der Waals surface area contributed by atoms with Gasteiger partial charge in [-0.05, 0) is 29.5 Å². The van der Waals surface area contributed by atoms with Gasteiger partial charge in [0.25, 0.3) is 0 Å². The van der Waals surface area contributed by atoms with Crippen LogP contribution in [-0.4, -0.2) is 36.8 Å². The second-order valence-corrected chi connectivity index (χ2v) is 6.85. The molecule has 23 heavy (non-hydrogen) atoms. The molecule has 0 aliphatic carbocycles. The van der Waals surface area contributed by atoms with Gasteiger partial charge < -0.3 is 9.84 Å². The maximum atomic E-state index is 10.6. The van der Waals surface area contributed by atoms with Crippen LogP contribution in [0.5, 0.6) is 5.75 Å². The van der Waals surface area contributed by atoms with Gasteiger partial charge in [-0.15, -0.1) is 13.2 Å². The summed E-state index contributed by atoms with van der Waals surface area (Å²) in [5, 5.41) is 10.6. The van der Waals surface area contributed by atoms with Crippen LogP contribution in [0.25, 0.3) is 0 Å². The van der Waals surface area contributed by atoms with Crippen LogP contribution >= 0.6 is 0 Å². The zero-order chi connectivity index (χ0) is 17.5. The van der Waals surface area contributed by atoms with Crippen molar-refractivity contribution in [1.82, 2.24) is 4.90 Å². The molecule has 3 heteroatoms. The molecule has 1 aromatic rings. The van der Waals surface area contributed by atoms with Gasteiger partial charge in [0.15, 0.2) is 0 Å². The summed E-state index contributed by atoms with van der Waals surface area (Å²) in [6, 6.07) is 6.08. The standard InChI is InChI=1S/C20H31NO2/c1-7-12-21(13-8-2)14-11-18(22)17-15-16(20(3,4)5)9-10-19(17)23-6/h7-10,15,18,22H,1-2,11-14H2,3-6H3. The maximum absolute atomic E-state index is 10.6. The molecule has 128 valence electrons. The number of ether oxygens (including phenoxy) is 1. The van der Waals surface area contributed by atoms with Gasteiger partial charge >= 0.3 is 0 Å². The van der Waals surface area contributed by atoms with Gasteiger partial charge in [-0.25, -0.2) is 0 Å². The van der Waals surface area contributed by atoms with Crippen LogP contribution in [-0.2, 0) is 5.41 Å². The van der Waals surface area contributed by atoms with Gasteiger partial charge in [-0.2, -0.15) is 0 Å². The highest BCUT2D eigenvalue weighted by Crippen LogP contribution is 2.32. The minimum absolute atomic E-state index is 0.0401. The summed E-state index contributed by atoms with van der Waals surface area (Å²) in [4.78, 5) is 2.20. The van der Waals surface area contributed by atoms with Crippen molar-refractivity contribution in [2.24, 2.45) is 0 Å². The first-order valence-corrected chi connectivity index (χ1v) is 8.14. The molecule has 0 aliphatic rings. The predicted molar refractivity (Wildman–Crippen MR) is 98.1 cm³/mol. The molecule has 0 saturated heterocycles. The molecule has 0 heterocycles. The van der Waals surface area contributed by atoms with Gasteiger partial charge in [-0.3, -0.25) is 4.90 Å². The number of aliphatic hydroxyl groups excluding tert-OH is 1. The van der Waals surface area contributed by atoms with Crippen molar-refractivity contribution in [2.75, 3.05) is 26.7 Å². The summed E-state index contributed by atoms with van der Waals surface area (Å²) >= 11 is 0. The molecule has 0 saturated carbocycles. The highest BCUT2D eigenvalue weighted by molar-refractivity contribution is 5.41. The summed E-state index contributed by atoms with van der Waals surface area (Å²) < 4.78 is 5.43. The fourth-order valence-electron chi connectivity index (χ4n) is 2.54. The number of aliphatic hydroxyl groups is 1. The Morgan fingerprint density at radius 3 is 2.30 bits per heavy atom. The lowest BCUT2D eigenvalue weighted by Gasteiger charge is -2.24. The normalized spacial score (nSPS) is 13.0. The van der Waals surface area contributed by atoms with Gasteiger partial charge in [0.2, 0.25) is 0 Å². The summed E-state index contributed by atoms with van der Waals surface area (Å²) in [6.45, 7) is 16.4. The number of methoxy groups -OCH3 is 1. The highest BCUT2D eigenvalue weighted by Gasteiger charge is 2.20. The molecule has 1 unspecified atom stereocenters. The molecule has 3 nitrogen and oxygen atoms in total. The quantitative estimate of drug-likeness (QED) is 0.696. The SMILES string of the molecule is C=CCN(CC=C)CCC(O)c1cc(C(C)(C)C)ccc1OC.